The first-order chi connectivity index (χ1) is 6.63. The molecule has 0 saturated carbocycles. The number of carbonyl (C=O) groups is 1. The first-order valence-electron chi connectivity index (χ1n) is 4.32. The van der Waals surface area contributed by atoms with Gasteiger partial charge in [0, 0.05) is 12.0 Å². The van der Waals surface area contributed by atoms with Gasteiger partial charge < -0.3 is 10.1 Å². The molecule has 0 spiro atoms. The predicted octanol–water partition coefficient (Wildman–Crippen LogP) is 1.02. The Morgan fingerprint density at radius 2 is 2.29 bits per heavy atom. The second-order valence-electron chi connectivity index (χ2n) is 2.96. The van der Waals surface area contributed by atoms with Crippen molar-refractivity contribution in [1.82, 2.24) is 10.3 Å². The lowest BCUT2D eigenvalue weighted by Crippen LogP contribution is -2.26. The molecule has 0 aliphatic carbocycles. The number of thiazole rings is 1. The Balaban J connectivity index is 2.42. The summed E-state index contributed by atoms with van der Waals surface area (Å²) >= 11 is 1.61. The summed E-state index contributed by atoms with van der Waals surface area (Å²) in [6.07, 6.45) is 0. The van der Waals surface area contributed by atoms with Gasteiger partial charge >= 0.3 is 0 Å². The van der Waals surface area contributed by atoms with Crippen LogP contribution in [0.15, 0.2) is 0 Å². The Morgan fingerprint density at radius 1 is 1.57 bits per heavy atom. The fourth-order valence-electron chi connectivity index (χ4n) is 0.971. The third-order valence-corrected chi connectivity index (χ3v) is 2.86. The van der Waals surface area contributed by atoms with E-state index in [0.29, 0.717) is 6.54 Å². The smallest absolute Gasteiger partial charge is 0.246 e. The van der Waals surface area contributed by atoms with Crippen molar-refractivity contribution in [3.05, 3.63) is 15.6 Å². The van der Waals surface area contributed by atoms with Crippen molar-refractivity contribution in [2.45, 2.75) is 20.4 Å². The minimum Gasteiger partial charge on any atom is -0.375 e. The molecule has 4 nitrogen and oxygen atoms in total. The molecule has 0 fully saturated rings. The first-order valence-corrected chi connectivity index (χ1v) is 5.13. The lowest BCUT2D eigenvalue weighted by molar-refractivity contribution is -0.124. The number of nitrogens with zero attached hydrogens (tertiary/aromatic N) is 1. The minimum absolute atomic E-state index is 0.101. The number of amides is 1. The predicted molar refractivity (Wildman–Crippen MR) is 55.3 cm³/mol. The zero-order valence-corrected chi connectivity index (χ0v) is 9.40. The molecule has 1 N–H and O–H groups in total. The van der Waals surface area contributed by atoms with E-state index in [1.165, 1.54) is 12.0 Å². The van der Waals surface area contributed by atoms with Gasteiger partial charge in [-0.1, -0.05) is 0 Å². The number of carbonyl (C=O) groups excluding carboxylic acids is 1. The van der Waals surface area contributed by atoms with Gasteiger partial charge in [0.2, 0.25) is 5.91 Å². The van der Waals surface area contributed by atoms with Gasteiger partial charge in [-0.25, -0.2) is 4.98 Å². The zero-order valence-electron chi connectivity index (χ0n) is 8.59. The van der Waals surface area contributed by atoms with Crippen molar-refractivity contribution in [1.29, 1.82) is 0 Å². The van der Waals surface area contributed by atoms with Crippen molar-refractivity contribution in [3.8, 4) is 0 Å². The molecule has 0 atom stereocenters. The number of aromatic nitrogens is 1. The van der Waals surface area contributed by atoms with Crippen LogP contribution in [0.5, 0.6) is 0 Å². The summed E-state index contributed by atoms with van der Waals surface area (Å²) in [5, 5.41) is 3.66. The van der Waals surface area contributed by atoms with Gasteiger partial charge in [0.15, 0.2) is 0 Å². The monoisotopic (exact) mass is 214 g/mol. The normalized spacial score (nSPS) is 10.2. The van der Waals surface area contributed by atoms with Crippen LogP contribution in [0.1, 0.15) is 15.6 Å². The molecule has 5 heteroatoms. The second kappa shape index (κ2) is 5.07. The summed E-state index contributed by atoms with van der Waals surface area (Å²) in [6, 6.07) is 0. The van der Waals surface area contributed by atoms with E-state index in [2.05, 4.69) is 10.3 Å². The van der Waals surface area contributed by atoms with Gasteiger partial charge in [-0.3, -0.25) is 4.79 Å². The first kappa shape index (κ1) is 11.1. The van der Waals surface area contributed by atoms with E-state index in [9.17, 15) is 4.79 Å². The van der Waals surface area contributed by atoms with E-state index in [1.54, 1.807) is 11.3 Å². The molecule has 0 aromatic carbocycles. The summed E-state index contributed by atoms with van der Waals surface area (Å²) in [5.41, 5.74) is 1.03. The van der Waals surface area contributed by atoms with E-state index in [4.69, 9.17) is 4.74 Å². The number of rotatable bonds is 4. The molecule has 78 valence electrons. The molecule has 0 saturated heterocycles. The van der Waals surface area contributed by atoms with Crippen LogP contribution in [0, 0.1) is 13.8 Å². The molecular formula is C9H14N2O2S. The second-order valence-corrected chi connectivity index (χ2v) is 4.25. The lowest BCUT2D eigenvalue weighted by Gasteiger charge is -2.00. The topological polar surface area (TPSA) is 51.2 Å². The maximum atomic E-state index is 11.0. The molecule has 1 aromatic heterocycles. The molecule has 1 rings (SSSR count). The number of aryl methyl sites for hydroxylation is 2. The molecular weight excluding hydrogens is 200 g/mol. The van der Waals surface area contributed by atoms with E-state index in [1.807, 2.05) is 13.8 Å². The Bertz CT molecular complexity index is 303. The summed E-state index contributed by atoms with van der Waals surface area (Å²) in [5.74, 6) is -0.113. The fraction of sp³-hybridized carbons (Fsp3) is 0.556. The fourth-order valence-corrected chi connectivity index (χ4v) is 1.84. The average molecular weight is 214 g/mol. The summed E-state index contributed by atoms with van der Waals surface area (Å²) in [4.78, 5) is 16.5. The third-order valence-electron chi connectivity index (χ3n) is 1.79. The van der Waals surface area contributed by atoms with Gasteiger partial charge in [0.25, 0.3) is 0 Å². The number of ether oxygens (including phenoxy) is 1. The van der Waals surface area contributed by atoms with Gasteiger partial charge in [-0.15, -0.1) is 11.3 Å². The largest absolute Gasteiger partial charge is 0.375 e. The highest BCUT2D eigenvalue weighted by Crippen LogP contribution is 2.15. The van der Waals surface area contributed by atoms with Crippen molar-refractivity contribution >= 4 is 17.2 Å². The van der Waals surface area contributed by atoms with Gasteiger partial charge in [0.05, 0.1) is 12.2 Å². The summed E-state index contributed by atoms with van der Waals surface area (Å²) in [7, 11) is 1.50. The third kappa shape index (κ3) is 3.08. The molecule has 0 aliphatic heterocycles. The average Bonchev–Trinajstić information content (AvgIpc) is 2.44. The van der Waals surface area contributed by atoms with E-state index < -0.39 is 0 Å². The van der Waals surface area contributed by atoms with E-state index in [-0.39, 0.29) is 12.5 Å². The van der Waals surface area contributed by atoms with Crippen LogP contribution in [-0.4, -0.2) is 24.6 Å². The Hall–Kier alpha value is -0.940. The Morgan fingerprint density at radius 3 is 2.79 bits per heavy atom. The van der Waals surface area contributed by atoms with E-state index in [0.717, 1.165) is 10.7 Å². The Labute approximate surface area is 87.3 Å². The van der Waals surface area contributed by atoms with Crippen molar-refractivity contribution in [2.24, 2.45) is 0 Å². The molecule has 1 heterocycles. The standard InChI is InChI=1S/C9H14N2O2S/c1-6-7(2)14-9(11-6)4-10-8(12)5-13-3/h4-5H2,1-3H3,(H,10,12). The SMILES string of the molecule is COCC(=O)NCc1nc(C)c(C)s1. The molecule has 0 bridgehead atoms. The van der Waals surface area contributed by atoms with Crippen LogP contribution >= 0.6 is 11.3 Å². The quantitative estimate of drug-likeness (QED) is 0.814. The van der Waals surface area contributed by atoms with Crippen molar-refractivity contribution in [3.63, 3.8) is 0 Å². The minimum atomic E-state index is -0.113. The molecule has 0 radical (unpaired) electrons. The highest BCUT2D eigenvalue weighted by atomic mass is 32.1. The highest BCUT2D eigenvalue weighted by Gasteiger charge is 2.05. The lowest BCUT2D eigenvalue weighted by atomic mass is 10.4. The molecule has 1 amide bonds. The highest BCUT2D eigenvalue weighted by molar-refractivity contribution is 7.11. The summed E-state index contributed by atoms with van der Waals surface area (Å²) < 4.78 is 4.69. The number of methoxy groups -OCH3 is 1. The van der Waals surface area contributed by atoms with Gasteiger partial charge in [-0.05, 0) is 13.8 Å². The van der Waals surface area contributed by atoms with Crippen LogP contribution in [0.2, 0.25) is 0 Å². The van der Waals surface area contributed by atoms with Crippen molar-refractivity contribution in [2.75, 3.05) is 13.7 Å². The zero-order chi connectivity index (χ0) is 10.6. The molecule has 1 aromatic rings. The van der Waals surface area contributed by atoms with Crippen LogP contribution in [-0.2, 0) is 16.1 Å². The molecule has 14 heavy (non-hydrogen) atoms. The molecule has 0 aliphatic rings. The summed E-state index contributed by atoms with van der Waals surface area (Å²) in [6.45, 7) is 4.57. The number of nitrogens with one attached hydrogen (secondary N) is 1. The van der Waals surface area contributed by atoms with Crippen LogP contribution in [0.4, 0.5) is 0 Å². The van der Waals surface area contributed by atoms with Gasteiger partial charge in [-0.2, -0.15) is 0 Å². The van der Waals surface area contributed by atoms with Crippen LogP contribution in [0.25, 0.3) is 0 Å². The number of hydrogen-bond acceptors (Lipinski definition) is 4. The number of hydrogen-bond donors (Lipinski definition) is 1. The van der Waals surface area contributed by atoms with Crippen molar-refractivity contribution < 1.29 is 9.53 Å². The maximum absolute atomic E-state index is 11.0. The van der Waals surface area contributed by atoms with Crippen LogP contribution < -0.4 is 5.32 Å². The van der Waals surface area contributed by atoms with Crippen LogP contribution in [0.3, 0.4) is 0 Å². The Kier molecular flexibility index (Phi) is 4.03. The molecule has 0 unspecified atom stereocenters. The maximum Gasteiger partial charge on any atom is 0.246 e. The van der Waals surface area contributed by atoms with E-state index >= 15 is 0 Å². The van der Waals surface area contributed by atoms with Gasteiger partial charge in [0.1, 0.15) is 11.6 Å².